The summed E-state index contributed by atoms with van der Waals surface area (Å²) in [4.78, 5) is 23.0. The molecule has 0 aliphatic carbocycles. The Hall–Kier alpha value is -3.32. The molecule has 1 heterocycles. The number of benzene rings is 2. The Kier molecular flexibility index (Phi) is 6.51. The van der Waals surface area contributed by atoms with Crippen LogP contribution in [0.3, 0.4) is 0 Å². The largest absolute Gasteiger partial charge is 0.491 e. The third-order valence-corrected chi connectivity index (χ3v) is 4.28. The van der Waals surface area contributed by atoms with Gasteiger partial charge in [-0.1, -0.05) is 31.5 Å². The number of aliphatic hydroxyl groups excluding tert-OH is 1. The molecular weight excluding hydrogens is 376 g/mol. The molecule has 0 saturated heterocycles. The lowest BCUT2D eigenvalue weighted by Gasteiger charge is -2.15. The minimum absolute atomic E-state index is 0.0374. The molecule has 0 radical (unpaired) electrons. The van der Waals surface area contributed by atoms with Gasteiger partial charge in [-0.05, 0) is 30.2 Å². The van der Waals surface area contributed by atoms with E-state index in [-0.39, 0.29) is 24.2 Å². The lowest BCUT2D eigenvalue weighted by Crippen LogP contribution is -2.25. The highest BCUT2D eigenvalue weighted by molar-refractivity contribution is 5.87. The number of rotatable bonds is 9. The van der Waals surface area contributed by atoms with Gasteiger partial charge in [-0.2, -0.15) is 0 Å². The van der Waals surface area contributed by atoms with Crippen LogP contribution in [0.25, 0.3) is 11.0 Å². The first-order valence-corrected chi connectivity index (χ1v) is 9.30. The van der Waals surface area contributed by atoms with Crippen LogP contribution in [0, 0.1) is 0 Å². The van der Waals surface area contributed by atoms with E-state index in [1.54, 1.807) is 6.07 Å². The Bertz CT molecular complexity index is 1050. The first kappa shape index (κ1) is 20.4. The maximum Gasteiger partial charge on any atom is 0.371 e. The third-order valence-electron chi connectivity index (χ3n) is 4.28. The molecule has 2 aromatic carbocycles. The van der Waals surface area contributed by atoms with Gasteiger partial charge in [0.15, 0.2) is 5.43 Å². The molecule has 0 aliphatic heterocycles. The number of hydrogen-bond donors (Lipinski definition) is 2. The molecule has 0 spiro atoms. The van der Waals surface area contributed by atoms with Crippen LogP contribution in [-0.4, -0.2) is 35.5 Å². The van der Waals surface area contributed by atoms with E-state index in [1.807, 2.05) is 24.3 Å². The lowest BCUT2D eigenvalue weighted by atomic mass is 10.1. The predicted octanol–water partition coefficient (Wildman–Crippen LogP) is 3.26. The van der Waals surface area contributed by atoms with Crippen molar-refractivity contribution in [2.45, 2.75) is 25.9 Å². The monoisotopic (exact) mass is 398 g/mol. The van der Waals surface area contributed by atoms with Crippen molar-refractivity contribution in [2.24, 2.45) is 0 Å². The number of ether oxygens (including phenoxy) is 2. The van der Waals surface area contributed by atoms with E-state index in [9.17, 15) is 14.7 Å². The lowest BCUT2D eigenvalue weighted by molar-refractivity contribution is 0.0623. The van der Waals surface area contributed by atoms with E-state index < -0.39 is 23.3 Å². The standard InChI is InChI=1S/C22H22O7/c1-2-5-14-6-3-4-7-19(14)28-13-15(23)12-27-16-8-9-17-18(24)11-21(22(25)26)29-20(17)10-16/h3-4,6-11,15,23H,2,5,12-13H2,1H3,(H,25,26). The summed E-state index contributed by atoms with van der Waals surface area (Å²) in [7, 11) is 0. The topological polar surface area (TPSA) is 106 Å². The van der Waals surface area contributed by atoms with Crippen LogP contribution in [0.2, 0.25) is 0 Å². The molecule has 0 fully saturated rings. The van der Waals surface area contributed by atoms with Crippen LogP contribution < -0.4 is 14.9 Å². The Morgan fingerprint density at radius 3 is 2.62 bits per heavy atom. The second-order valence-corrected chi connectivity index (χ2v) is 6.57. The van der Waals surface area contributed by atoms with Crippen molar-refractivity contribution in [3.8, 4) is 11.5 Å². The van der Waals surface area contributed by atoms with Crippen LogP contribution in [0.1, 0.15) is 29.5 Å². The molecule has 3 rings (SSSR count). The van der Waals surface area contributed by atoms with Crippen molar-refractivity contribution in [1.29, 1.82) is 0 Å². The summed E-state index contributed by atoms with van der Waals surface area (Å²) in [6.45, 7) is 2.11. The summed E-state index contributed by atoms with van der Waals surface area (Å²) in [5.41, 5.74) is 0.739. The average Bonchev–Trinajstić information content (AvgIpc) is 2.71. The average molecular weight is 398 g/mol. The van der Waals surface area contributed by atoms with Crippen molar-refractivity contribution in [3.05, 3.63) is 70.1 Å². The van der Waals surface area contributed by atoms with Gasteiger partial charge in [-0.15, -0.1) is 0 Å². The molecule has 7 heteroatoms. The molecule has 1 aromatic heterocycles. The number of carboxylic acids is 1. The van der Waals surface area contributed by atoms with E-state index in [2.05, 4.69) is 6.92 Å². The van der Waals surface area contributed by atoms with Gasteiger partial charge in [0.1, 0.15) is 36.4 Å². The quantitative estimate of drug-likeness (QED) is 0.570. The second-order valence-electron chi connectivity index (χ2n) is 6.57. The maximum atomic E-state index is 12.0. The molecule has 152 valence electrons. The van der Waals surface area contributed by atoms with Gasteiger partial charge in [0.25, 0.3) is 0 Å². The van der Waals surface area contributed by atoms with Crippen LogP contribution in [0.15, 0.2) is 57.7 Å². The highest BCUT2D eigenvalue weighted by atomic mass is 16.5. The van der Waals surface area contributed by atoms with E-state index in [1.165, 1.54) is 12.1 Å². The van der Waals surface area contributed by atoms with Crippen molar-refractivity contribution in [3.63, 3.8) is 0 Å². The summed E-state index contributed by atoms with van der Waals surface area (Å²) in [5, 5.41) is 19.4. The summed E-state index contributed by atoms with van der Waals surface area (Å²) < 4.78 is 16.5. The first-order chi connectivity index (χ1) is 14.0. The summed E-state index contributed by atoms with van der Waals surface area (Å²) in [5.74, 6) is -0.694. The molecule has 29 heavy (non-hydrogen) atoms. The second kappa shape index (κ2) is 9.25. The SMILES string of the molecule is CCCc1ccccc1OCC(O)COc1ccc2c(=O)cc(C(=O)O)oc2c1. The molecule has 0 aliphatic rings. The van der Waals surface area contributed by atoms with Crippen LogP contribution in [0.5, 0.6) is 11.5 Å². The Balaban J connectivity index is 1.63. The van der Waals surface area contributed by atoms with E-state index in [0.717, 1.165) is 30.2 Å². The first-order valence-electron chi connectivity index (χ1n) is 9.30. The summed E-state index contributed by atoms with van der Waals surface area (Å²) >= 11 is 0. The van der Waals surface area contributed by atoms with Gasteiger partial charge in [0, 0.05) is 12.1 Å². The minimum Gasteiger partial charge on any atom is -0.491 e. The Morgan fingerprint density at radius 1 is 1.10 bits per heavy atom. The number of hydrogen-bond acceptors (Lipinski definition) is 6. The zero-order chi connectivity index (χ0) is 20.8. The van der Waals surface area contributed by atoms with Crippen molar-refractivity contribution in [1.82, 2.24) is 0 Å². The van der Waals surface area contributed by atoms with E-state index in [0.29, 0.717) is 5.75 Å². The number of fused-ring (bicyclic) bond motifs is 1. The number of para-hydroxylation sites is 1. The number of aliphatic hydroxyl groups is 1. The van der Waals surface area contributed by atoms with Crippen LogP contribution in [0.4, 0.5) is 0 Å². The number of aromatic carboxylic acids is 1. The smallest absolute Gasteiger partial charge is 0.371 e. The van der Waals surface area contributed by atoms with E-state index >= 15 is 0 Å². The van der Waals surface area contributed by atoms with Crippen molar-refractivity contribution >= 4 is 16.9 Å². The molecule has 7 nitrogen and oxygen atoms in total. The molecule has 2 N–H and O–H groups in total. The highest BCUT2D eigenvalue weighted by Crippen LogP contribution is 2.21. The zero-order valence-electron chi connectivity index (χ0n) is 16.0. The normalized spacial score (nSPS) is 11.9. The van der Waals surface area contributed by atoms with Crippen molar-refractivity contribution < 1.29 is 28.9 Å². The predicted molar refractivity (Wildman–Crippen MR) is 107 cm³/mol. The Labute approximate surface area is 167 Å². The van der Waals surface area contributed by atoms with Gasteiger partial charge >= 0.3 is 5.97 Å². The molecule has 0 saturated carbocycles. The fourth-order valence-corrected chi connectivity index (χ4v) is 2.88. The maximum absolute atomic E-state index is 12.0. The highest BCUT2D eigenvalue weighted by Gasteiger charge is 2.13. The Morgan fingerprint density at radius 2 is 1.86 bits per heavy atom. The molecular formula is C22H22O7. The van der Waals surface area contributed by atoms with Gasteiger partial charge < -0.3 is 24.1 Å². The minimum atomic E-state index is -1.33. The molecule has 0 bridgehead atoms. The number of carbonyl (C=O) groups is 1. The third kappa shape index (κ3) is 5.14. The molecule has 1 atom stereocenters. The molecule has 1 unspecified atom stereocenters. The van der Waals surface area contributed by atoms with Crippen LogP contribution in [-0.2, 0) is 6.42 Å². The van der Waals surface area contributed by atoms with Gasteiger partial charge in [0.2, 0.25) is 5.76 Å². The van der Waals surface area contributed by atoms with Crippen LogP contribution >= 0.6 is 0 Å². The number of aryl methyl sites for hydroxylation is 1. The molecule has 3 aromatic rings. The van der Waals surface area contributed by atoms with E-state index in [4.69, 9.17) is 19.0 Å². The van der Waals surface area contributed by atoms with Gasteiger partial charge in [0.05, 0.1) is 5.39 Å². The van der Waals surface area contributed by atoms with Crippen molar-refractivity contribution in [2.75, 3.05) is 13.2 Å². The zero-order valence-corrected chi connectivity index (χ0v) is 16.0. The summed E-state index contributed by atoms with van der Waals surface area (Å²) in [6, 6.07) is 13.1. The summed E-state index contributed by atoms with van der Waals surface area (Å²) in [6.07, 6.45) is 1.01. The van der Waals surface area contributed by atoms with Gasteiger partial charge in [-0.3, -0.25) is 4.79 Å². The fraction of sp³-hybridized carbons (Fsp3) is 0.273. The number of carboxylic acid groups (broad SMARTS) is 1. The fourth-order valence-electron chi connectivity index (χ4n) is 2.88. The van der Waals surface area contributed by atoms with Gasteiger partial charge in [-0.25, -0.2) is 4.79 Å². The molecule has 0 amide bonds.